The molecular formula is C22H24N6O2. The van der Waals surface area contributed by atoms with E-state index < -0.39 is 0 Å². The van der Waals surface area contributed by atoms with Crippen LogP contribution in [0.25, 0.3) is 22.2 Å². The van der Waals surface area contributed by atoms with Crippen LogP contribution in [-0.2, 0) is 24.9 Å². The summed E-state index contributed by atoms with van der Waals surface area (Å²) < 4.78 is 8.70. The zero-order valence-electron chi connectivity index (χ0n) is 17.5. The Kier molecular flexibility index (Phi) is 5.22. The van der Waals surface area contributed by atoms with E-state index in [-0.39, 0.29) is 12.5 Å². The molecule has 0 spiro atoms. The molecule has 4 aromatic rings. The lowest BCUT2D eigenvalue weighted by molar-refractivity contribution is -0.131. The van der Waals surface area contributed by atoms with Crippen LogP contribution in [0.1, 0.15) is 11.4 Å². The molecule has 154 valence electrons. The number of amides is 1. The summed E-state index contributed by atoms with van der Waals surface area (Å²) in [5.41, 5.74) is 4.58. The standard InChI is InChI=1S/C22H24N6O2/c1-15-21-19(16-5-7-18(30-4)8-6-16)10-11-23-22(21)28(25-15)14-20(29)26(2)13-17-9-12-24-27(17)3/h5-12H,13-14H2,1-4H3. The van der Waals surface area contributed by atoms with Crippen molar-refractivity contribution in [2.24, 2.45) is 7.05 Å². The second-order valence-corrected chi connectivity index (χ2v) is 7.22. The largest absolute Gasteiger partial charge is 0.497 e. The normalized spacial score (nSPS) is 11.1. The number of fused-ring (bicyclic) bond motifs is 1. The fraction of sp³-hybridized carbons (Fsp3) is 0.273. The highest BCUT2D eigenvalue weighted by Crippen LogP contribution is 2.30. The van der Waals surface area contributed by atoms with Crippen molar-refractivity contribution in [3.05, 3.63) is 60.2 Å². The summed E-state index contributed by atoms with van der Waals surface area (Å²) in [5, 5.41) is 9.71. The fourth-order valence-electron chi connectivity index (χ4n) is 3.54. The van der Waals surface area contributed by atoms with Gasteiger partial charge in [0.05, 0.1) is 25.0 Å². The summed E-state index contributed by atoms with van der Waals surface area (Å²) in [6, 6.07) is 11.8. The predicted molar refractivity (Wildman–Crippen MR) is 114 cm³/mol. The predicted octanol–water partition coefficient (Wildman–Crippen LogP) is 2.81. The van der Waals surface area contributed by atoms with E-state index in [4.69, 9.17) is 4.74 Å². The van der Waals surface area contributed by atoms with Gasteiger partial charge in [0.25, 0.3) is 0 Å². The Labute approximate surface area is 174 Å². The Morgan fingerprint density at radius 2 is 1.90 bits per heavy atom. The van der Waals surface area contributed by atoms with E-state index in [0.29, 0.717) is 12.2 Å². The number of pyridine rings is 1. The maximum Gasteiger partial charge on any atom is 0.244 e. The molecule has 4 rings (SSSR count). The lowest BCUT2D eigenvalue weighted by Gasteiger charge is -2.17. The zero-order valence-corrected chi connectivity index (χ0v) is 17.5. The van der Waals surface area contributed by atoms with Crippen LogP contribution in [-0.4, -0.2) is 49.5 Å². The van der Waals surface area contributed by atoms with Gasteiger partial charge in [0.15, 0.2) is 5.65 Å². The molecule has 3 heterocycles. The molecule has 0 radical (unpaired) electrons. The number of ether oxygens (including phenoxy) is 1. The number of hydrogen-bond donors (Lipinski definition) is 0. The van der Waals surface area contributed by atoms with Crippen LogP contribution in [0.5, 0.6) is 5.75 Å². The van der Waals surface area contributed by atoms with Crippen molar-refractivity contribution in [3.8, 4) is 16.9 Å². The van der Waals surface area contributed by atoms with Crippen LogP contribution in [0, 0.1) is 6.92 Å². The van der Waals surface area contributed by atoms with Crippen molar-refractivity contribution in [2.75, 3.05) is 14.2 Å². The second-order valence-electron chi connectivity index (χ2n) is 7.22. The van der Waals surface area contributed by atoms with Gasteiger partial charge >= 0.3 is 0 Å². The van der Waals surface area contributed by atoms with E-state index in [0.717, 1.165) is 33.7 Å². The number of aromatic nitrogens is 5. The van der Waals surface area contributed by atoms with Gasteiger partial charge in [-0.1, -0.05) is 12.1 Å². The van der Waals surface area contributed by atoms with E-state index in [1.807, 2.05) is 50.4 Å². The molecule has 0 unspecified atom stereocenters. The first-order valence-electron chi connectivity index (χ1n) is 9.65. The molecule has 0 aliphatic heterocycles. The molecule has 3 aromatic heterocycles. The first-order valence-corrected chi connectivity index (χ1v) is 9.65. The highest BCUT2D eigenvalue weighted by molar-refractivity contribution is 5.95. The molecule has 0 atom stereocenters. The van der Waals surface area contributed by atoms with Crippen LogP contribution < -0.4 is 4.74 Å². The van der Waals surface area contributed by atoms with Crippen LogP contribution in [0.3, 0.4) is 0 Å². The third kappa shape index (κ3) is 3.63. The Hall–Kier alpha value is -3.68. The first-order chi connectivity index (χ1) is 14.5. The zero-order chi connectivity index (χ0) is 21.3. The van der Waals surface area contributed by atoms with Gasteiger partial charge in [-0.25, -0.2) is 9.67 Å². The summed E-state index contributed by atoms with van der Waals surface area (Å²) in [4.78, 5) is 19.0. The molecule has 0 bridgehead atoms. The number of likely N-dealkylation sites (N-methyl/N-ethyl adjacent to an activating group) is 1. The van der Waals surface area contributed by atoms with Crippen molar-refractivity contribution in [3.63, 3.8) is 0 Å². The summed E-state index contributed by atoms with van der Waals surface area (Å²) in [7, 11) is 5.29. The topological polar surface area (TPSA) is 78.1 Å². The molecule has 1 amide bonds. The summed E-state index contributed by atoms with van der Waals surface area (Å²) in [5.74, 6) is 0.760. The maximum atomic E-state index is 12.8. The quantitative estimate of drug-likeness (QED) is 0.494. The smallest absolute Gasteiger partial charge is 0.244 e. The molecule has 0 aliphatic carbocycles. The summed E-state index contributed by atoms with van der Waals surface area (Å²) in [6.07, 6.45) is 3.48. The third-order valence-corrected chi connectivity index (χ3v) is 5.24. The number of hydrogen-bond acceptors (Lipinski definition) is 5. The monoisotopic (exact) mass is 404 g/mol. The molecule has 0 aliphatic rings. The molecular weight excluding hydrogens is 380 g/mol. The average molecular weight is 404 g/mol. The summed E-state index contributed by atoms with van der Waals surface area (Å²) >= 11 is 0. The molecule has 8 heteroatoms. The van der Waals surface area contributed by atoms with Gasteiger partial charge in [-0.3, -0.25) is 9.48 Å². The minimum absolute atomic E-state index is 0.0442. The third-order valence-electron chi connectivity index (χ3n) is 5.24. The SMILES string of the molecule is COc1ccc(-c2ccnc3c2c(C)nn3CC(=O)N(C)Cc2ccnn2C)cc1. The number of rotatable bonds is 6. The second kappa shape index (κ2) is 7.98. The number of nitrogens with zero attached hydrogens (tertiary/aromatic N) is 6. The van der Waals surface area contributed by atoms with Crippen molar-refractivity contribution < 1.29 is 9.53 Å². The van der Waals surface area contributed by atoms with Gasteiger partial charge in [0.1, 0.15) is 12.3 Å². The summed E-state index contributed by atoms with van der Waals surface area (Å²) in [6.45, 7) is 2.55. The van der Waals surface area contributed by atoms with Crippen LogP contribution >= 0.6 is 0 Å². The Balaban J connectivity index is 1.62. The number of methoxy groups -OCH3 is 1. The number of carbonyl (C=O) groups is 1. The maximum absolute atomic E-state index is 12.8. The van der Waals surface area contributed by atoms with Crippen LogP contribution in [0.15, 0.2) is 48.8 Å². The highest BCUT2D eigenvalue weighted by Gasteiger charge is 2.18. The van der Waals surface area contributed by atoms with Crippen molar-refractivity contribution in [1.29, 1.82) is 0 Å². The average Bonchev–Trinajstić information content (AvgIpc) is 3.30. The number of benzene rings is 1. The molecule has 0 fully saturated rings. The van der Waals surface area contributed by atoms with E-state index in [1.54, 1.807) is 40.8 Å². The molecule has 0 N–H and O–H groups in total. The van der Waals surface area contributed by atoms with Crippen molar-refractivity contribution >= 4 is 16.9 Å². The molecule has 1 aromatic carbocycles. The molecule has 30 heavy (non-hydrogen) atoms. The van der Waals surface area contributed by atoms with Gasteiger partial charge in [0.2, 0.25) is 5.91 Å². The minimum atomic E-state index is -0.0442. The fourth-order valence-corrected chi connectivity index (χ4v) is 3.54. The van der Waals surface area contributed by atoms with E-state index in [2.05, 4.69) is 15.2 Å². The Morgan fingerprint density at radius 1 is 1.13 bits per heavy atom. The van der Waals surface area contributed by atoms with E-state index in [9.17, 15) is 4.79 Å². The van der Waals surface area contributed by atoms with Gasteiger partial charge in [0, 0.05) is 31.9 Å². The first kappa shape index (κ1) is 19.6. The van der Waals surface area contributed by atoms with Gasteiger partial charge < -0.3 is 9.64 Å². The van der Waals surface area contributed by atoms with Gasteiger partial charge in [-0.15, -0.1) is 0 Å². The number of carbonyl (C=O) groups excluding carboxylic acids is 1. The van der Waals surface area contributed by atoms with Crippen LogP contribution in [0.2, 0.25) is 0 Å². The lowest BCUT2D eigenvalue weighted by atomic mass is 10.0. The highest BCUT2D eigenvalue weighted by atomic mass is 16.5. The Morgan fingerprint density at radius 3 is 2.57 bits per heavy atom. The van der Waals surface area contributed by atoms with Crippen molar-refractivity contribution in [1.82, 2.24) is 29.4 Å². The molecule has 0 saturated heterocycles. The van der Waals surface area contributed by atoms with Crippen LogP contribution in [0.4, 0.5) is 0 Å². The van der Waals surface area contributed by atoms with Gasteiger partial charge in [-0.2, -0.15) is 10.2 Å². The lowest BCUT2D eigenvalue weighted by Crippen LogP contribution is -2.31. The van der Waals surface area contributed by atoms with E-state index >= 15 is 0 Å². The molecule has 8 nitrogen and oxygen atoms in total. The van der Waals surface area contributed by atoms with Crippen molar-refractivity contribution in [2.45, 2.75) is 20.0 Å². The Bertz CT molecular complexity index is 1190. The van der Waals surface area contributed by atoms with E-state index in [1.165, 1.54) is 0 Å². The van der Waals surface area contributed by atoms with Gasteiger partial charge in [-0.05, 0) is 42.3 Å². The number of aryl methyl sites for hydroxylation is 2. The minimum Gasteiger partial charge on any atom is -0.497 e. The molecule has 0 saturated carbocycles.